The molecule has 0 saturated carbocycles. The minimum Gasteiger partial charge on any atom is -0.508 e. The molecule has 0 radical (unpaired) electrons. The Morgan fingerprint density at radius 1 is 0.632 bits per heavy atom. The zero-order chi connectivity index (χ0) is 70.8. The first-order valence-electron chi connectivity index (χ1n) is 29.8. The van der Waals surface area contributed by atoms with Crippen molar-refractivity contribution in [1.82, 2.24) is 68.7 Å². The van der Waals surface area contributed by atoms with Gasteiger partial charge in [-0.05, 0) is 89.3 Å². The number of aldehydes is 1. The summed E-state index contributed by atoms with van der Waals surface area (Å²) >= 11 is 0. The van der Waals surface area contributed by atoms with E-state index in [1.807, 2.05) is 0 Å². The molecule has 2 aromatic carbocycles. The monoisotopic (exact) mass is 1370 g/mol. The number of aromatic hydroxyl groups is 2. The van der Waals surface area contributed by atoms with Gasteiger partial charge in [-0.3, -0.25) is 67.1 Å². The van der Waals surface area contributed by atoms with Crippen LogP contribution in [0.15, 0.2) is 48.5 Å². The van der Waals surface area contributed by atoms with E-state index in [1.165, 1.54) is 76.2 Å². The maximum atomic E-state index is 14.3. The van der Waals surface area contributed by atoms with Crippen LogP contribution in [-0.2, 0) is 89.6 Å². The number of benzene rings is 2. The zero-order valence-electron chi connectivity index (χ0n) is 52.3. The highest BCUT2D eigenvalue weighted by atomic mass is 33.1. The van der Waals surface area contributed by atoms with Crippen molar-refractivity contribution in [3.63, 3.8) is 0 Å². The van der Waals surface area contributed by atoms with Crippen molar-refractivity contribution >= 4 is 117 Å². The van der Waals surface area contributed by atoms with E-state index in [0.29, 0.717) is 17.4 Å². The van der Waals surface area contributed by atoms with Gasteiger partial charge in [0.1, 0.15) is 84.2 Å². The summed E-state index contributed by atoms with van der Waals surface area (Å²) in [5.74, 6) is -15.7. The van der Waals surface area contributed by atoms with Crippen molar-refractivity contribution in [2.75, 3.05) is 31.1 Å². The lowest BCUT2D eigenvalue weighted by Gasteiger charge is -2.30. The third-order valence-corrected chi connectivity index (χ3v) is 17.0. The number of carboxylic acids is 2. The van der Waals surface area contributed by atoms with Gasteiger partial charge in [-0.25, -0.2) is 4.79 Å². The Hall–Kier alpha value is -9.62. The van der Waals surface area contributed by atoms with Gasteiger partial charge in [0.05, 0.1) is 25.2 Å². The van der Waals surface area contributed by atoms with Gasteiger partial charge in [-0.15, -0.1) is 0 Å². The van der Waals surface area contributed by atoms with Crippen LogP contribution in [0.25, 0.3) is 0 Å². The number of amides is 13. The molecule has 19 N–H and O–H groups in total. The summed E-state index contributed by atoms with van der Waals surface area (Å²) in [7, 11) is 1.88. The molecule has 0 spiro atoms. The number of nitrogens with zero attached hydrogens (tertiary/aromatic N) is 1. The van der Waals surface area contributed by atoms with Gasteiger partial charge in [-0.2, -0.15) is 0 Å². The van der Waals surface area contributed by atoms with Crippen LogP contribution >= 0.6 is 21.6 Å². The number of nitrogens with two attached hydrogens (primary N) is 1. The van der Waals surface area contributed by atoms with Crippen molar-refractivity contribution in [2.45, 2.75) is 158 Å². The summed E-state index contributed by atoms with van der Waals surface area (Å²) in [6.45, 7) is 4.55. The molecule has 2 aliphatic rings. The molecule has 95 heavy (non-hydrogen) atoms. The fourth-order valence-electron chi connectivity index (χ4n) is 9.13. The third-order valence-electron chi connectivity index (χ3n) is 14.6. The maximum absolute atomic E-state index is 14.3. The average molecular weight is 1370 g/mol. The second kappa shape index (κ2) is 37.9. The molecule has 13 atom stereocenters. The first-order valence-corrected chi connectivity index (χ1v) is 32.3. The summed E-state index contributed by atoms with van der Waals surface area (Å²) in [5.41, 5.74) is 6.99. The minimum atomic E-state index is -1.70. The molecule has 4 rings (SSSR count). The molecule has 2 fully saturated rings. The molecule has 35 nitrogen and oxygen atoms in total. The van der Waals surface area contributed by atoms with Gasteiger partial charge in [-0.1, -0.05) is 45.9 Å². The second-order valence-corrected chi connectivity index (χ2v) is 24.8. The molecule has 520 valence electrons. The van der Waals surface area contributed by atoms with Crippen LogP contribution in [-0.4, -0.2) is 235 Å². The number of aliphatic hydroxyl groups excluding tert-OH is 1. The number of likely N-dealkylation sites (tertiary alicyclic amines) is 1. The summed E-state index contributed by atoms with van der Waals surface area (Å²) in [4.78, 5) is 212. The second-order valence-electron chi connectivity index (χ2n) is 22.3. The van der Waals surface area contributed by atoms with E-state index >= 15 is 0 Å². The van der Waals surface area contributed by atoms with Crippen LogP contribution in [0.5, 0.6) is 11.5 Å². The average Bonchev–Trinajstić information content (AvgIpc) is 1.76. The van der Waals surface area contributed by atoms with E-state index in [0.717, 1.165) is 33.4 Å². The lowest BCUT2D eigenvalue weighted by molar-refractivity contribution is -0.143. The predicted octanol–water partition coefficient (Wildman–Crippen LogP) is -6.32. The van der Waals surface area contributed by atoms with Gasteiger partial charge in [0.2, 0.25) is 76.8 Å². The van der Waals surface area contributed by atoms with Crippen molar-refractivity contribution in [3.8, 4) is 11.5 Å². The molecular formula is C58H80N14O21S2. The molecule has 2 heterocycles. The molecular weight excluding hydrogens is 1290 g/mol. The SMILES string of the molecule is CC(NC(=O)C1CCCN1C(=O)[C@H](CC=O)NC(=O)C1CSSCC(N)C(=O)N[C@@H](C)C(=O)NC(CCC(=O)O)C(=O)N[C@@H](Cc2ccc(O)cc2)C(=O)NC(C)C(=O)N1)C(=O)N[C@@H](C)C(=O)NC(C(=O)NCC(=O)NCC(=O)N[C@@H](Cc1ccc(O)cc1)C(=O)O)[C@H](C)O. The van der Waals surface area contributed by atoms with Crippen molar-refractivity contribution in [3.05, 3.63) is 59.7 Å². The maximum Gasteiger partial charge on any atom is 0.326 e. The third kappa shape index (κ3) is 25.7. The van der Waals surface area contributed by atoms with Gasteiger partial charge in [0.25, 0.3) is 0 Å². The number of nitrogens with one attached hydrogen (secondary N) is 12. The Kier molecular flexibility index (Phi) is 31.1. The number of carboxylic acid groups (broad SMARTS) is 2. The number of rotatable bonds is 26. The van der Waals surface area contributed by atoms with Gasteiger partial charge < -0.3 is 105 Å². The summed E-state index contributed by atoms with van der Waals surface area (Å²) in [5, 5.41) is 77.1. The van der Waals surface area contributed by atoms with E-state index in [4.69, 9.17) is 5.73 Å². The van der Waals surface area contributed by atoms with Crippen LogP contribution < -0.4 is 69.5 Å². The fourth-order valence-corrected chi connectivity index (χ4v) is 11.4. The molecule has 0 aliphatic carbocycles. The topological polar surface area (TPSA) is 548 Å². The molecule has 2 saturated heterocycles. The minimum absolute atomic E-state index is 0.0374. The molecule has 2 aromatic rings. The quantitative estimate of drug-likeness (QED) is 0.0308. The Balaban J connectivity index is 1.40. The van der Waals surface area contributed by atoms with Gasteiger partial charge >= 0.3 is 11.9 Å². The first-order chi connectivity index (χ1) is 44.8. The van der Waals surface area contributed by atoms with E-state index in [9.17, 15) is 102 Å². The molecule has 7 unspecified atom stereocenters. The van der Waals surface area contributed by atoms with E-state index in [1.54, 1.807) is 0 Å². The lowest BCUT2D eigenvalue weighted by Crippen LogP contribution is -2.60. The Morgan fingerprint density at radius 2 is 1.18 bits per heavy atom. The molecule has 0 bridgehead atoms. The van der Waals surface area contributed by atoms with E-state index < -0.39 is 200 Å². The fraction of sp³-hybridized carbons (Fsp3) is 0.517. The van der Waals surface area contributed by atoms with Crippen LogP contribution in [0.2, 0.25) is 0 Å². The number of carbonyl (C=O) groups is 16. The van der Waals surface area contributed by atoms with Crippen LogP contribution in [0.4, 0.5) is 0 Å². The molecule has 2 aliphatic heterocycles. The highest BCUT2D eigenvalue weighted by Gasteiger charge is 2.40. The zero-order valence-corrected chi connectivity index (χ0v) is 53.9. The van der Waals surface area contributed by atoms with Crippen molar-refractivity contribution in [1.29, 1.82) is 0 Å². The standard InChI is InChI=1S/C58H80N14O21S2/c1-27(47(81)62-30(4)50(84)71-46(31(5)74)56(90)61-23-43(77)60-24-44(78)66-40(58(92)93)22-33-10-14-35(76)15-11-33)65-55(89)42-7-6-19-72(42)57(91)38(18-20-73)68-54(88)41-26-95-94-25-36(59)51(85)63-28(2)48(82)67-37(16-17-45(79)80)52(86)69-39(21-32-8-12-34(75)13-9-32)53(87)64-29(3)49(83)70-41/h8-15,20,27-31,36-42,46,74-76H,6-7,16-19,21-26,59H2,1-5H3,(H,60,77)(H,61,90)(H,62,81)(H,63,85)(H,64,87)(H,65,89)(H,66,78)(H,67,82)(H,68,88)(H,69,86)(H,70,83)(H,71,84)(H,79,80)(H,92,93)/t27?,28-,29?,30-,31-,36?,37?,38-,39-,40-,41?,42?,46?/m0/s1. The highest BCUT2D eigenvalue weighted by molar-refractivity contribution is 8.76. The summed E-state index contributed by atoms with van der Waals surface area (Å²) in [6, 6.07) is -6.58. The number of phenolic OH excluding ortho intramolecular Hbond substituents is 2. The molecule has 37 heteroatoms. The normalized spacial score (nSPS) is 21.8. The summed E-state index contributed by atoms with van der Waals surface area (Å²) < 4.78 is 0. The highest BCUT2D eigenvalue weighted by Crippen LogP contribution is 2.24. The Bertz CT molecular complexity index is 3150. The van der Waals surface area contributed by atoms with Crippen LogP contribution in [0.1, 0.15) is 77.8 Å². The van der Waals surface area contributed by atoms with E-state index in [-0.39, 0.29) is 55.2 Å². The number of carbonyl (C=O) groups excluding carboxylic acids is 14. The smallest absolute Gasteiger partial charge is 0.326 e. The number of hydrogen-bond donors (Lipinski definition) is 18. The predicted molar refractivity (Wildman–Crippen MR) is 336 cm³/mol. The number of hydrogen-bond acceptors (Lipinski definition) is 22. The number of phenols is 2. The number of aliphatic hydroxyl groups is 1. The molecule has 13 amide bonds. The summed E-state index contributed by atoms with van der Waals surface area (Å²) in [6.07, 6.45) is -3.14. The van der Waals surface area contributed by atoms with Gasteiger partial charge in [0.15, 0.2) is 0 Å². The van der Waals surface area contributed by atoms with Crippen molar-refractivity contribution in [2.24, 2.45) is 5.73 Å². The largest absolute Gasteiger partial charge is 0.508 e. The number of aliphatic carboxylic acids is 2. The van der Waals surface area contributed by atoms with Crippen LogP contribution in [0, 0.1) is 0 Å². The first kappa shape index (κ1) is 77.8. The lowest BCUT2D eigenvalue weighted by atomic mass is 10.0. The van der Waals surface area contributed by atoms with Crippen molar-refractivity contribution < 1.29 is 102 Å². The molecule has 0 aromatic heterocycles. The Labute approximate surface area is 551 Å². The van der Waals surface area contributed by atoms with Gasteiger partial charge in [0, 0.05) is 43.7 Å². The van der Waals surface area contributed by atoms with E-state index in [2.05, 4.69) is 63.8 Å². The Morgan fingerprint density at radius 3 is 1.78 bits per heavy atom. The van der Waals surface area contributed by atoms with Crippen LogP contribution in [0.3, 0.4) is 0 Å².